The monoisotopic (exact) mass is 568 g/mol. The predicted octanol–water partition coefficient (Wildman–Crippen LogP) is 7.47. The zero-order valence-electron chi connectivity index (χ0n) is 26.2. The Hall–Kier alpha value is -4.06. The van der Waals surface area contributed by atoms with Crippen molar-refractivity contribution >= 4 is 23.1 Å². The minimum absolute atomic E-state index is 0.102. The number of likely N-dealkylation sites (tertiary alicyclic amines) is 1. The van der Waals surface area contributed by atoms with Crippen molar-refractivity contribution in [1.82, 2.24) is 4.90 Å². The van der Waals surface area contributed by atoms with Gasteiger partial charge in [0.15, 0.2) is 0 Å². The Labute approximate surface area is 250 Å². The van der Waals surface area contributed by atoms with Gasteiger partial charge in [-0.15, -0.1) is 0 Å². The van der Waals surface area contributed by atoms with E-state index in [4.69, 9.17) is 4.74 Å². The van der Waals surface area contributed by atoms with Crippen LogP contribution in [0, 0.1) is 13.8 Å². The van der Waals surface area contributed by atoms with Gasteiger partial charge in [-0.25, -0.2) is 0 Å². The Kier molecular flexibility index (Phi) is 9.15. The topological polar surface area (TPSA) is 70.1 Å². The molecule has 42 heavy (non-hydrogen) atoms. The summed E-state index contributed by atoms with van der Waals surface area (Å²) in [6.07, 6.45) is 0. The van der Waals surface area contributed by atoms with Crippen molar-refractivity contribution in [2.75, 3.05) is 24.6 Å². The summed E-state index contributed by atoms with van der Waals surface area (Å²) >= 11 is 0. The molecule has 1 fully saturated rings. The second-order valence-corrected chi connectivity index (χ2v) is 12.0. The number of aryl methyl sites for hydroxylation is 2. The number of ether oxygens (including phenoxy) is 1. The average molecular weight is 569 g/mol. The number of Topliss-reactive ketones (excluding diaryl/α,β-unsaturated/α-hetero) is 1. The number of rotatable bonds is 9. The molecule has 1 atom stereocenters. The summed E-state index contributed by atoms with van der Waals surface area (Å²) < 4.78 is 5.87. The highest BCUT2D eigenvalue weighted by Crippen LogP contribution is 2.42. The number of carbonyl (C=O) groups is 2. The third-order valence-corrected chi connectivity index (χ3v) is 8.08. The van der Waals surface area contributed by atoms with Gasteiger partial charge in [-0.3, -0.25) is 9.59 Å². The summed E-state index contributed by atoms with van der Waals surface area (Å²) in [5, 5.41) is 11.8. The molecule has 1 aliphatic rings. The average Bonchev–Trinajstić information content (AvgIpc) is 3.20. The lowest BCUT2D eigenvalue weighted by atomic mass is 9.84. The molecule has 222 valence electrons. The van der Waals surface area contributed by atoms with Crippen LogP contribution in [0.25, 0.3) is 5.76 Å². The largest absolute Gasteiger partial charge is 0.507 e. The molecule has 0 radical (unpaired) electrons. The van der Waals surface area contributed by atoms with Gasteiger partial charge in [-0.05, 0) is 87.1 Å². The van der Waals surface area contributed by atoms with Crippen LogP contribution in [0.1, 0.15) is 81.0 Å². The molecular weight excluding hydrogens is 524 g/mol. The summed E-state index contributed by atoms with van der Waals surface area (Å²) in [5.41, 5.74) is 6.17. The van der Waals surface area contributed by atoms with Crippen LogP contribution < -0.4 is 9.64 Å². The molecule has 1 heterocycles. The van der Waals surface area contributed by atoms with Gasteiger partial charge in [0.05, 0.1) is 18.2 Å². The van der Waals surface area contributed by atoms with Crippen molar-refractivity contribution in [1.29, 1.82) is 0 Å². The molecule has 3 aromatic rings. The summed E-state index contributed by atoms with van der Waals surface area (Å²) in [4.78, 5) is 31.2. The van der Waals surface area contributed by atoms with Crippen LogP contribution in [0.4, 0.5) is 5.69 Å². The van der Waals surface area contributed by atoms with Gasteiger partial charge in [0.25, 0.3) is 11.7 Å². The molecule has 0 bridgehead atoms. The van der Waals surface area contributed by atoms with Crippen LogP contribution in [0.15, 0.2) is 66.2 Å². The fourth-order valence-electron chi connectivity index (χ4n) is 5.70. The molecule has 1 unspecified atom stereocenters. The molecule has 3 aromatic carbocycles. The molecule has 1 N–H and O–H groups in total. The van der Waals surface area contributed by atoms with E-state index in [1.807, 2.05) is 69.3 Å². The number of benzene rings is 3. The van der Waals surface area contributed by atoms with Crippen LogP contribution >= 0.6 is 0 Å². The van der Waals surface area contributed by atoms with E-state index in [0.717, 1.165) is 52.3 Å². The van der Waals surface area contributed by atoms with Crippen molar-refractivity contribution < 1.29 is 19.4 Å². The molecule has 0 aliphatic carbocycles. The third kappa shape index (κ3) is 6.08. The summed E-state index contributed by atoms with van der Waals surface area (Å²) in [6.45, 7) is 18.9. The normalized spacial score (nSPS) is 16.7. The van der Waals surface area contributed by atoms with Gasteiger partial charge in [-0.1, -0.05) is 56.7 Å². The smallest absolute Gasteiger partial charge is 0.295 e. The molecule has 1 saturated heterocycles. The van der Waals surface area contributed by atoms with Crippen LogP contribution in [0.2, 0.25) is 0 Å². The number of anilines is 1. The predicted molar refractivity (Wildman–Crippen MR) is 170 cm³/mol. The second kappa shape index (κ2) is 12.4. The summed E-state index contributed by atoms with van der Waals surface area (Å²) in [7, 11) is 0. The molecule has 4 rings (SSSR count). The quantitative estimate of drug-likeness (QED) is 0.165. The lowest BCUT2D eigenvalue weighted by molar-refractivity contribution is -0.140. The minimum atomic E-state index is -0.736. The van der Waals surface area contributed by atoms with Crippen LogP contribution in [0.5, 0.6) is 5.75 Å². The van der Waals surface area contributed by atoms with Crippen LogP contribution in [-0.2, 0) is 21.5 Å². The molecule has 6 nitrogen and oxygen atoms in total. The molecule has 1 aliphatic heterocycles. The molecule has 6 heteroatoms. The second-order valence-electron chi connectivity index (χ2n) is 12.0. The van der Waals surface area contributed by atoms with Gasteiger partial charge in [0.2, 0.25) is 0 Å². The van der Waals surface area contributed by atoms with Crippen molar-refractivity contribution in [3.63, 3.8) is 0 Å². The van der Waals surface area contributed by atoms with Crippen molar-refractivity contribution in [3.8, 4) is 5.75 Å². The highest BCUT2D eigenvalue weighted by molar-refractivity contribution is 6.46. The maximum Gasteiger partial charge on any atom is 0.295 e. The summed E-state index contributed by atoms with van der Waals surface area (Å²) in [6, 6.07) is 18.8. The molecule has 0 aromatic heterocycles. The lowest BCUT2D eigenvalue weighted by Crippen LogP contribution is -2.29. The van der Waals surface area contributed by atoms with Gasteiger partial charge in [-0.2, -0.15) is 0 Å². The number of hydrogen-bond acceptors (Lipinski definition) is 5. The van der Waals surface area contributed by atoms with Gasteiger partial charge in [0, 0.05) is 36.4 Å². The van der Waals surface area contributed by atoms with E-state index in [9.17, 15) is 14.7 Å². The zero-order valence-corrected chi connectivity index (χ0v) is 26.2. The minimum Gasteiger partial charge on any atom is -0.507 e. The van der Waals surface area contributed by atoms with Gasteiger partial charge >= 0.3 is 0 Å². The van der Waals surface area contributed by atoms with E-state index in [0.29, 0.717) is 12.2 Å². The van der Waals surface area contributed by atoms with Crippen molar-refractivity contribution in [2.24, 2.45) is 0 Å². The van der Waals surface area contributed by atoms with Crippen molar-refractivity contribution in [3.05, 3.63) is 99.6 Å². The molecule has 0 spiro atoms. The highest BCUT2D eigenvalue weighted by atomic mass is 16.5. The molecular formula is C36H44N2O4. The standard InChI is InChI=1S/C36H44N2O4/c1-9-37(10-2)28-17-14-25(15-18-28)32-31(33(39)26-16-19-30(42-11-3)29(21-26)36(6,7)8)34(40)35(41)38(32)22-27-20-23(4)12-13-24(27)5/h12-21,32,39H,9-11,22H2,1-8H3/b33-31-. The highest BCUT2D eigenvalue weighted by Gasteiger charge is 2.46. The fourth-order valence-corrected chi connectivity index (χ4v) is 5.70. The number of carbonyl (C=O) groups excluding carboxylic acids is 2. The zero-order chi connectivity index (χ0) is 30.8. The van der Waals surface area contributed by atoms with Crippen LogP contribution in [-0.4, -0.2) is 41.4 Å². The first kappa shape index (κ1) is 30.9. The van der Waals surface area contributed by atoms with Gasteiger partial charge in [0.1, 0.15) is 11.5 Å². The van der Waals surface area contributed by atoms with E-state index in [1.54, 1.807) is 11.0 Å². The number of hydrogen-bond donors (Lipinski definition) is 1. The Morgan fingerprint density at radius 3 is 2.19 bits per heavy atom. The molecule has 0 saturated carbocycles. The maximum atomic E-state index is 13.7. The summed E-state index contributed by atoms with van der Waals surface area (Å²) in [5.74, 6) is -0.734. The van der Waals surface area contributed by atoms with E-state index >= 15 is 0 Å². The first-order valence-electron chi connectivity index (χ1n) is 14.9. The third-order valence-electron chi connectivity index (χ3n) is 8.08. The van der Waals surface area contributed by atoms with E-state index in [1.165, 1.54) is 0 Å². The number of amides is 1. The fraction of sp³-hybridized carbons (Fsp3) is 0.389. The maximum absolute atomic E-state index is 13.7. The Bertz CT molecular complexity index is 1490. The number of ketones is 1. The molecule has 1 amide bonds. The number of aliphatic hydroxyl groups excluding tert-OH is 1. The number of nitrogens with zero attached hydrogens (tertiary/aromatic N) is 2. The van der Waals surface area contributed by atoms with Crippen molar-refractivity contribution in [2.45, 2.75) is 73.4 Å². The van der Waals surface area contributed by atoms with E-state index in [-0.39, 0.29) is 23.3 Å². The Morgan fingerprint density at radius 2 is 1.60 bits per heavy atom. The van der Waals surface area contributed by atoms with E-state index < -0.39 is 17.7 Å². The van der Waals surface area contributed by atoms with E-state index in [2.05, 4.69) is 45.6 Å². The number of aliphatic hydroxyl groups is 1. The first-order chi connectivity index (χ1) is 19.9. The Balaban J connectivity index is 1.90. The SMILES string of the molecule is CCOc1ccc(/C(O)=C2/C(=O)C(=O)N(Cc3cc(C)ccc3C)C2c2ccc(N(CC)CC)cc2)cc1C(C)(C)C. The lowest BCUT2D eigenvalue weighted by Gasteiger charge is -2.27. The van der Waals surface area contributed by atoms with Gasteiger partial charge < -0.3 is 19.6 Å². The van der Waals surface area contributed by atoms with Crippen LogP contribution in [0.3, 0.4) is 0 Å². The Morgan fingerprint density at radius 1 is 0.929 bits per heavy atom. The first-order valence-corrected chi connectivity index (χ1v) is 14.9.